The van der Waals surface area contributed by atoms with Crippen LogP contribution in [0.25, 0.3) is 10.9 Å². The summed E-state index contributed by atoms with van der Waals surface area (Å²) in [4.78, 5) is 8.13. The molecule has 2 heterocycles. The number of piperazine rings is 1. The van der Waals surface area contributed by atoms with Crippen molar-refractivity contribution in [3.8, 4) is 5.75 Å². The maximum Gasteiger partial charge on any atom is 0.208 e. The number of nitrogens with one attached hydrogen (secondary N) is 1. The molecule has 1 aromatic heterocycles. The van der Waals surface area contributed by atoms with Gasteiger partial charge in [-0.2, -0.15) is 0 Å². The Morgan fingerprint density at radius 2 is 1.74 bits per heavy atom. The van der Waals surface area contributed by atoms with Gasteiger partial charge < -0.3 is 14.6 Å². The second kappa shape index (κ2) is 8.04. The maximum atomic E-state index is 13.5. The predicted octanol–water partition coefficient (Wildman–Crippen LogP) is 4.58. The summed E-state index contributed by atoms with van der Waals surface area (Å²) < 4.78 is 32.6. The van der Waals surface area contributed by atoms with Crippen molar-refractivity contribution in [2.24, 2.45) is 0 Å². The number of fused-ring (bicyclic) bond motifs is 1. The fourth-order valence-electron chi connectivity index (χ4n) is 4.12. The molecule has 1 fully saturated rings. The molecule has 31 heavy (non-hydrogen) atoms. The number of methoxy groups -OCH3 is 1. The lowest BCUT2D eigenvalue weighted by Crippen LogP contribution is -2.53. The smallest absolute Gasteiger partial charge is 0.208 e. The van der Waals surface area contributed by atoms with E-state index in [1.807, 2.05) is 0 Å². The highest BCUT2D eigenvalue weighted by Crippen LogP contribution is 2.36. The van der Waals surface area contributed by atoms with Crippen molar-refractivity contribution in [2.45, 2.75) is 36.1 Å². The number of aromatic nitrogens is 1. The van der Waals surface area contributed by atoms with Crippen LogP contribution in [0.4, 0.5) is 5.69 Å². The summed E-state index contributed by atoms with van der Waals surface area (Å²) in [5.74, 6) is 0.671. The van der Waals surface area contributed by atoms with Crippen molar-refractivity contribution in [1.29, 1.82) is 0 Å². The highest BCUT2D eigenvalue weighted by molar-refractivity contribution is 7.91. The fourth-order valence-corrected chi connectivity index (χ4v) is 5.73. The number of hydrogen-bond donors (Lipinski definition) is 1. The zero-order valence-corrected chi connectivity index (χ0v) is 19.8. The summed E-state index contributed by atoms with van der Waals surface area (Å²) in [7, 11) is -2.13. The third-order valence-electron chi connectivity index (χ3n) is 5.93. The molecule has 0 amide bonds. The number of H-pyrrole nitrogens is 1. The fraction of sp³-hybridized carbons (Fsp3) is 0.391. The van der Waals surface area contributed by atoms with E-state index >= 15 is 0 Å². The molecule has 0 spiro atoms. The topological polar surface area (TPSA) is 65.6 Å². The summed E-state index contributed by atoms with van der Waals surface area (Å²) in [6, 6.07) is 10.3. The van der Waals surface area contributed by atoms with E-state index in [4.69, 9.17) is 16.3 Å². The molecule has 3 aromatic rings. The van der Waals surface area contributed by atoms with Gasteiger partial charge in [0.15, 0.2) is 0 Å². The van der Waals surface area contributed by atoms with Crippen LogP contribution in [0.5, 0.6) is 5.75 Å². The Hall–Kier alpha value is -2.22. The number of benzene rings is 2. The van der Waals surface area contributed by atoms with Crippen LogP contribution in [0, 0.1) is 0 Å². The van der Waals surface area contributed by atoms with E-state index in [9.17, 15) is 8.42 Å². The molecule has 8 heteroatoms. The summed E-state index contributed by atoms with van der Waals surface area (Å²) in [5, 5.41) is 1.08. The van der Waals surface area contributed by atoms with Gasteiger partial charge in [-0.25, -0.2) is 8.42 Å². The molecule has 1 saturated heterocycles. The molecule has 0 bridgehead atoms. The quantitative estimate of drug-likeness (QED) is 0.615. The standard InChI is InChI=1S/C23H28ClN3O3S/c1-23(2,3)27-11-9-26(10-12-27)20-14-17(6-8-21(20)30-4)31(28,29)22-15-25-19-7-5-16(24)13-18(19)22/h5-8,13-15,25H,9-12H2,1-4H3. The van der Waals surface area contributed by atoms with Gasteiger partial charge in [0.25, 0.3) is 0 Å². The predicted molar refractivity (Wildman–Crippen MR) is 125 cm³/mol. The number of nitrogens with zero attached hydrogens (tertiary/aromatic N) is 2. The van der Waals surface area contributed by atoms with Crippen molar-refractivity contribution in [2.75, 3.05) is 38.2 Å². The minimum Gasteiger partial charge on any atom is -0.495 e. The second-order valence-corrected chi connectivity index (χ2v) is 11.2. The summed E-state index contributed by atoms with van der Waals surface area (Å²) >= 11 is 6.12. The summed E-state index contributed by atoms with van der Waals surface area (Å²) in [6.07, 6.45) is 1.53. The van der Waals surface area contributed by atoms with E-state index in [2.05, 4.69) is 35.6 Å². The number of rotatable bonds is 4. The number of anilines is 1. The average molecular weight is 462 g/mol. The Balaban J connectivity index is 1.71. The molecule has 0 unspecified atom stereocenters. The van der Waals surface area contributed by atoms with Gasteiger partial charge in [0.05, 0.1) is 22.6 Å². The SMILES string of the molecule is COc1ccc(S(=O)(=O)c2c[nH]c3ccc(Cl)cc23)cc1N1CCN(C(C)(C)C)CC1. The van der Waals surface area contributed by atoms with Crippen molar-refractivity contribution in [3.63, 3.8) is 0 Å². The van der Waals surface area contributed by atoms with Gasteiger partial charge in [-0.05, 0) is 57.2 Å². The maximum absolute atomic E-state index is 13.5. The Morgan fingerprint density at radius 1 is 1.03 bits per heavy atom. The van der Waals surface area contributed by atoms with Crippen LogP contribution in [0.3, 0.4) is 0 Å². The van der Waals surface area contributed by atoms with Crippen LogP contribution in [0.2, 0.25) is 5.02 Å². The van der Waals surface area contributed by atoms with Crippen LogP contribution in [0.15, 0.2) is 52.4 Å². The van der Waals surface area contributed by atoms with Crippen LogP contribution in [-0.4, -0.2) is 57.1 Å². The van der Waals surface area contributed by atoms with E-state index in [1.165, 1.54) is 6.20 Å². The van der Waals surface area contributed by atoms with E-state index < -0.39 is 9.84 Å². The molecule has 1 N–H and O–H groups in total. The van der Waals surface area contributed by atoms with Crippen LogP contribution in [-0.2, 0) is 9.84 Å². The van der Waals surface area contributed by atoms with Crippen molar-refractivity contribution in [1.82, 2.24) is 9.88 Å². The number of sulfone groups is 1. The van der Waals surface area contributed by atoms with Gasteiger partial charge in [0.2, 0.25) is 9.84 Å². The molecular formula is C23H28ClN3O3S. The Morgan fingerprint density at radius 3 is 2.39 bits per heavy atom. The Kier molecular flexibility index (Phi) is 5.70. The second-order valence-electron chi connectivity index (χ2n) is 8.82. The Bertz CT molecular complexity index is 1210. The first-order valence-electron chi connectivity index (χ1n) is 10.3. The highest BCUT2D eigenvalue weighted by Gasteiger charge is 2.29. The van der Waals surface area contributed by atoms with Crippen molar-refractivity contribution >= 4 is 38.0 Å². The lowest BCUT2D eigenvalue weighted by Gasteiger charge is -2.43. The van der Waals surface area contributed by atoms with Gasteiger partial charge in [-0.1, -0.05) is 11.6 Å². The summed E-state index contributed by atoms with van der Waals surface area (Å²) in [5.41, 5.74) is 1.64. The number of hydrogen-bond acceptors (Lipinski definition) is 5. The molecule has 1 aliphatic heterocycles. The Labute approximate surface area is 188 Å². The van der Waals surface area contributed by atoms with Gasteiger partial charge in [-0.3, -0.25) is 4.90 Å². The van der Waals surface area contributed by atoms with Crippen LogP contribution < -0.4 is 9.64 Å². The number of aromatic amines is 1. The van der Waals surface area contributed by atoms with Gasteiger partial charge >= 0.3 is 0 Å². The molecular weight excluding hydrogens is 434 g/mol. The average Bonchev–Trinajstić information content (AvgIpc) is 3.16. The van der Waals surface area contributed by atoms with E-state index in [0.29, 0.717) is 16.2 Å². The first-order valence-corrected chi connectivity index (χ1v) is 12.2. The third kappa shape index (κ3) is 4.14. The zero-order chi connectivity index (χ0) is 22.4. The first kappa shape index (κ1) is 22.0. The van der Waals surface area contributed by atoms with Gasteiger partial charge in [0, 0.05) is 53.8 Å². The normalized spacial score (nSPS) is 16.1. The number of ether oxygens (including phenoxy) is 1. The molecule has 2 aromatic carbocycles. The molecule has 0 radical (unpaired) electrons. The molecule has 4 rings (SSSR count). The van der Waals surface area contributed by atoms with Gasteiger partial charge in [0.1, 0.15) is 5.75 Å². The van der Waals surface area contributed by atoms with E-state index in [0.717, 1.165) is 37.4 Å². The largest absolute Gasteiger partial charge is 0.495 e. The van der Waals surface area contributed by atoms with Crippen molar-refractivity contribution < 1.29 is 13.2 Å². The highest BCUT2D eigenvalue weighted by atomic mass is 35.5. The minimum absolute atomic E-state index is 0.109. The van der Waals surface area contributed by atoms with Crippen LogP contribution in [0.1, 0.15) is 20.8 Å². The molecule has 0 aliphatic carbocycles. The summed E-state index contributed by atoms with van der Waals surface area (Å²) in [6.45, 7) is 10.1. The monoisotopic (exact) mass is 461 g/mol. The molecule has 166 valence electrons. The molecule has 0 atom stereocenters. The van der Waals surface area contributed by atoms with Gasteiger partial charge in [-0.15, -0.1) is 0 Å². The van der Waals surface area contributed by atoms with Crippen molar-refractivity contribution in [3.05, 3.63) is 47.6 Å². The first-order chi connectivity index (χ1) is 14.6. The molecule has 0 saturated carbocycles. The zero-order valence-electron chi connectivity index (χ0n) is 18.3. The third-order valence-corrected chi connectivity index (χ3v) is 7.95. The molecule has 6 nitrogen and oxygen atoms in total. The molecule has 1 aliphatic rings. The lowest BCUT2D eigenvalue weighted by molar-refractivity contribution is 0.128. The number of halogens is 1. The lowest BCUT2D eigenvalue weighted by atomic mass is 10.0. The minimum atomic E-state index is -3.74. The van der Waals surface area contributed by atoms with E-state index in [1.54, 1.807) is 43.5 Å². The van der Waals surface area contributed by atoms with Crippen LogP contribution >= 0.6 is 11.6 Å². The van der Waals surface area contributed by atoms with E-state index in [-0.39, 0.29) is 15.3 Å².